The highest BCUT2D eigenvalue weighted by molar-refractivity contribution is 7.80. The summed E-state index contributed by atoms with van der Waals surface area (Å²) in [7, 11) is 2.12. The van der Waals surface area contributed by atoms with Gasteiger partial charge in [0, 0.05) is 49.1 Å². The number of pyridine rings is 1. The van der Waals surface area contributed by atoms with Gasteiger partial charge in [-0.3, -0.25) is 4.98 Å². The van der Waals surface area contributed by atoms with E-state index in [-0.39, 0.29) is 12.1 Å². The highest BCUT2D eigenvalue weighted by atomic mass is 32.1. The summed E-state index contributed by atoms with van der Waals surface area (Å²) < 4.78 is 7.74. The van der Waals surface area contributed by atoms with Crippen LogP contribution in [0.3, 0.4) is 0 Å². The molecule has 3 aromatic rings. The number of aromatic nitrogens is 2. The smallest absolute Gasteiger partial charge is 0.174 e. The Bertz CT molecular complexity index is 1110. The molecule has 0 spiro atoms. The van der Waals surface area contributed by atoms with Crippen molar-refractivity contribution in [1.82, 2.24) is 14.9 Å². The Hall–Kier alpha value is -2.90. The molecule has 2 aliphatic rings. The van der Waals surface area contributed by atoms with Gasteiger partial charge in [-0.25, -0.2) is 0 Å². The number of ether oxygens (including phenoxy) is 1. The van der Waals surface area contributed by atoms with E-state index in [4.69, 9.17) is 17.0 Å². The van der Waals surface area contributed by atoms with Gasteiger partial charge in [-0.15, -0.1) is 0 Å². The van der Waals surface area contributed by atoms with E-state index >= 15 is 0 Å². The van der Waals surface area contributed by atoms with E-state index < -0.39 is 0 Å². The molecule has 0 saturated carbocycles. The number of anilines is 2. The first-order chi connectivity index (χ1) is 15.5. The summed E-state index contributed by atoms with van der Waals surface area (Å²) in [6.07, 6.45) is 1.85. The van der Waals surface area contributed by atoms with Crippen LogP contribution in [-0.4, -0.2) is 41.0 Å². The van der Waals surface area contributed by atoms with Crippen LogP contribution in [0.4, 0.5) is 11.4 Å². The van der Waals surface area contributed by atoms with Crippen LogP contribution in [0.2, 0.25) is 0 Å². The van der Waals surface area contributed by atoms with Crippen molar-refractivity contribution in [2.24, 2.45) is 7.05 Å². The standard InChI is InChI=1S/C25H29N5OS/c1-17-16-21(18(2)28(17)3)24-23(22-6-4-5-11-26-22)27-25(32)30(24)20-9-7-19(8-10-20)29-12-14-31-15-13-29/h4-11,16,23-24H,12-15H2,1-3H3,(H,27,32)/t23-,24+/m1/s1. The molecular weight excluding hydrogens is 418 g/mol. The molecular formula is C25H29N5OS. The molecule has 5 rings (SSSR count). The third-order valence-electron chi connectivity index (χ3n) is 6.74. The Labute approximate surface area is 194 Å². The van der Waals surface area contributed by atoms with Gasteiger partial charge in [0.1, 0.15) is 0 Å². The van der Waals surface area contributed by atoms with E-state index in [0.717, 1.165) is 42.8 Å². The number of hydrogen-bond acceptors (Lipinski definition) is 4. The molecule has 2 fully saturated rings. The van der Waals surface area contributed by atoms with Gasteiger partial charge in [0.2, 0.25) is 0 Å². The molecule has 0 amide bonds. The fraction of sp³-hybridized carbons (Fsp3) is 0.360. The second-order valence-electron chi connectivity index (χ2n) is 8.50. The molecule has 2 atom stereocenters. The highest BCUT2D eigenvalue weighted by Gasteiger charge is 2.42. The molecule has 2 saturated heterocycles. The number of nitrogens with zero attached hydrogens (tertiary/aromatic N) is 4. The minimum absolute atomic E-state index is 0.0199. The number of nitrogens with one attached hydrogen (secondary N) is 1. The molecule has 2 aliphatic heterocycles. The molecule has 32 heavy (non-hydrogen) atoms. The SMILES string of the molecule is Cc1cc([C@H]2[C@@H](c3ccccn3)NC(=S)N2c2ccc(N3CCOCC3)cc2)c(C)n1C. The minimum atomic E-state index is -0.0249. The van der Waals surface area contributed by atoms with Crippen molar-refractivity contribution in [3.63, 3.8) is 0 Å². The van der Waals surface area contributed by atoms with E-state index in [9.17, 15) is 0 Å². The lowest BCUT2D eigenvalue weighted by atomic mass is 9.96. The fourth-order valence-corrected chi connectivity index (χ4v) is 5.12. The molecule has 4 heterocycles. The van der Waals surface area contributed by atoms with Gasteiger partial charge in [-0.2, -0.15) is 0 Å². The summed E-state index contributed by atoms with van der Waals surface area (Å²) in [5.74, 6) is 0. The van der Waals surface area contributed by atoms with Crippen LogP contribution in [0.25, 0.3) is 0 Å². The molecule has 0 unspecified atom stereocenters. The predicted octanol–water partition coefficient (Wildman–Crippen LogP) is 4.05. The molecule has 7 heteroatoms. The topological polar surface area (TPSA) is 45.6 Å². The van der Waals surface area contributed by atoms with Crippen LogP contribution < -0.4 is 15.1 Å². The van der Waals surface area contributed by atoms with Crippen LogP contribution in [0.1, 0.15) is 34.7 Å². The van der Waals surface area contributed by atoms with E-state index in [1.165, 1.54) is 22.6 Å². The lowest BCUT2D eigenvalue weighted by Crippen LogP contribution is -2.36. The second-order valence-corrected chi connectivity index (χ2v) is 8.88. The van der Waals surface area contributed by atoms with Crippen LogP contribution in [0, 0.1) is 13.8 Å². The average molecular weight is 448 g/mol. The van der Waals surface area contributed by atoms with Crippen LogP contribution in [0.5, 0.6) is 0 Å². The zero-order valence-electron chi connectivity index (χ0n) is 18.8. The highest BCUT2D eigenvalue weighted by Crippen LogP contribution is 2.43. The normalized spacial score (nSPS) is 21.2. The summed E-state index contributed by atoms with van der Waals surface area (Å²) in [4.78, 5) is 9.28. The molecule has 2 aromatic heterocycles. The molecule has 166 valence electrons. The van der Waals surface area contributed by atoms with Crippen molar-refractivity contribution in [3.8, 4) is 0 Å². The van der Waals surface area contributed by atoms with Crippen LogP contribution >= 0.6 is 12.2 Å². The van der Waals surface area contributed by atoms with Gasteiger partial charge in [-0.05, 0) is 74.1 Å². The van der Waals surface area contributed by atoms with Gasteiger partial charge < -0.3 is 24.4 Å². The van der Waals surface area contributed by atoms with Gasteiger partial charge in [0.25, 0.3) is 0 Å². The van der Waals surface area contributed by atoms with E-state index in [1.807, 2.05) is 18.3 Å². The first kappa shape index (κ1) is 21.0. The predicted molar refractivity (Wildman–Crippen MR) is 132 cm³/mol. The number of hydrogen-bond donors (Lipinski definition) is 1. The number of morpholine rings is 1. The van der Waals surface area contributed by atoms with E-state index in [2.05, 4.69) is 82.0 Å². The van der Waals surface area contributed by atoms with Crippen LogP contribution in [-0.2, 0) is 11.8 Å². The maximum atomic E-state index is 5.87. The molecule has 0 aliphatic carbocycles. The molecule has 1 aromatic carbocycles. The van der Waals surface area contributed by atoms with Gasteiger partial charge in [0.15, 0.2) is 5.11 Å². The van der Waals surface area contributed by atoms with Gasteiger partial charge in [0.05, 0.1) is 31.0 Å². The lowest BCUT2D eigenvalue weighted by Gasteiger charge is -2.31. The maximum absolute atomic E-state index is 5.87. The Morgan fingerprint density at radius 3 is 2.38 bits per heavy atom. The number of rotatable bonds is 4. The first-order valence-corrected chi connectivity index (χ1v) is 11.5. The van der Waals surface area contributed by atoms with Crippen molar-refractivity contribution < 1.29 is 4.74 Å². The number of thiocarbonyl (C=S) groups is 1. The van der Waals surface area contributed by atoms with Crippen molar-refractivity contribution in [2.45, 2.75) is 25.9 Å². The second kappa shape index (κ2) is 8.56. The van der Waals surface area contributed by atoms with Gasteiger partial charge >= 0.3 is 0 Å². The zero-order valence-corrected chi connectivity index (χ0v) is 19.6. The average Bonchev–Trinajstić information content (AvgIpc) is 3.31. The van der Waals surface area contributed by atoms with E-state index in [0.29, 0.717) is 0 Å². The first-order valence-electron chi connectivity index (χ1n) is 11.1. The zero-order chi connectivity index (χ0) is 22.2. The summed E-state index contributed by atoms with van der Waals surface area (Å²) in [5, 5.41) is 4.29. The minimum Gasteiger partial charge on any atom is -0.378 e. The lowest BCUT2D eigenvalue weighted by molar-refractivity contribution is 0.122. The Morgan fingerprint density at radius 1 is 1.03 bits per heavy atom. The summed E-state index contributed by atoms with van der Waals surface area (Å²) >= 11 is 5.87. The largest absolute Gasteiger partial charge is 0.378 e. The monoisotopic (exact) mass is 447 g/mol. The van der Waals surface area contributed by atoms with Crippen molar-refractivity contribution in [3.05, 3.63) is 77.4 Å². The molecule has 0 bridgehead atoms. The van der Waals surface area contributed by atoms with Gasteiger partial charge in [-0.1, -0.05) is 6.07 Å². The Balaban J connectivity index is 1.55. The quantitative estimate of drug-likeness (QED) is 0.609. The Kier molecular flexibility index (Phi) is 5.61. The summed E-state index contributed by atoms with van der Waals surface area (Å²) in [6.45, 7) is 7.74. The summed E-state index contributed by atoms with van der Waals surface area (Å²) in [6, 6.07) is 17.1. The van der Waals surface area contributed by atoms with Crippen molar-refractivity contribution in [1.29, 1.82) is 0 Å². The molecule has 0 radical (unpaired) electrons. The molecule has 1 N–H and O–H groups in total. The third-order valence-corrected chi connectivity index (χ3v) is 7.05. The molecule has 6 nitrogen and oxygen atoms in total. The summed E-state index contributed by atoms with van der Waals surface area (Å²) in [5.41, 5.74) is 7.05. The van der Waals surface area contributed by atoms with Crippen molar-refractivity contribution in [2.75, 3.05) is 36.1 Å². The van der Waals surface area contributed by atoms with Crippen molar-refractivity contribution >= 4 is 28.7 Å². The fourth-order valence-electron chi connectivity index (χ4n) is 4.78. The maximum Gasteiger partial charge on any atom is 0.174 e. The number of benzene rings is 1. The third kappa shape index (κ3) is 3.65. The number of aryl methyl sites for hydroxylation is 1. The van der Waals surface area contributed by atoms with E-state index in [1.54, 1.807) is 0 Å². The Morgan fingerprint density at radius 2 is 1.75 bits per heavy atom. The van der Waals surface area contributed by atoms with Crippen LogP contribution in [0.15, 0.2) is 54.7 Å².